The van der Waals surface area contributed by atoms with Crippen LogP contribution >= 0.6 is 43.5 Å². The molecule has 0 fully saturated rings. The third kappa shape index (κ3) is 4.30. The van der Waals surface area contributed by atoms with Gasteiger partial charge in [0.25, 0.3) is 5.91 Å². The lowest BCUT2D eigenvalue weighted by molar-refractivity contribution is 0.0955. The molecule has 0 aromatic heterocycles. The maximum atomic E-state index is 11.8. The molecule has 0 saturated heterocycles. The molecule has 4 nitrogen and oxygen atoms in total. The molecule has 0 aliphatic heterocycles. The average molecular weight is 432 g/mol. The summed E-state index contributed by atoms with van der Waals surface area (Å²) in [6.45, 7) is 0. The molecular weight excluding hydrogens is 423 g/mol. The highest BCUT2D eigenvalue weighted by molar-refractivity contribution is 9.11. The van der Waals surface area contributed by atoms with Crippen LogP contribution in [0.1, 0.15) is 15.9 Å². The van der Waals surface area contributed by atoms with Crippen molar-refractivity contribution in [2.75, 3.05) is 0 Å². The number of nitrogens with one attached hydrogen (secondary N) is 1. The predicted octanol–water partition coefficient (Wildman–Crippen LogP) is 4.33. The molecule has 0 aliphatic rings. The summed E-state index contributed by atoms with van der Waals surface area (Å²) in [5.74, 6) is -0.225. The number of carbonyl (C=O) groups is 1. The van der Waals surface area contributed by atoms with E-state index >= 15 is 0 Å². The first kappa shape index (κ1) is 16.0. The molecule has 0 spiro atoms. The van der Waals surface area contributed by atoms with Crippen LogP contribution in [0.4, 0.5) is 0 Å². The number of phenolic OH excluding ortho intramolecular Hbond substituents is 1. The van der Waals surface area contributed by atoms with E-state index in [0.717, 1.165) is 0 Å². The Morgan fingerprint density at radius 3 is 2.33 bits per heavy atom. The van der Waals surface area contributed by atoms with Crippen molar-refractivity contribution in [1.29, 1.82) is 0 Å². The van der Waals surface area contributed by atoms with Crippen LogP contribution in [0.25, 0.3) is 0 Å². The Morgan fingerprint density at radius 2 is 1.76 bits per heavy atom. The molecule has 0 aliphatic carbocycles. The summed E-state index contributed by atoms with van der Waals surface area (Å²) in [4.78, 5) is 11.8. The molecule has 1 amide bonds. The predicted molar refractivity (Wildman–Crippen MR) is 90.0 cm³/mol. The molecule has 2 aromatic rings. The maximum absolute atomic E-state index is 11.8. The first-order valence-corrected chi connectivity index (χ1v) is 7.71. The molecule has 7 heteroatoms. The quantitative estimate of drug-likeness (QED) is 0.560. The Morgan fingerprint density at radius 1 is 1.19 bits per heavy atom. The molecule has 0 unspecified atom stereocenters. The van der Waals surface area contributed by atoms with E-state index in [4.69, 9.17) is 11.6 Å². The number of carbonyl (C=O) groups excluding carboxylic acids is 1. The molecule has 0 heterocycles. The zero-order chi connectivity index (χ0) is 15.4. The van der Waals surface area contributed by atoms with E-state index in [2.05, 4.69) is 42.4 Å². The zero-order valence-corrected chi connectivity index (χ0v) is 14.4. The minimum absolute atomic E-state index is 0.109. The second kappa shape index (κ2) is 7.06. The third-order valence-corrected chi connectivity index (χ3v) is 3.99. The van der Waals surface area contributed by atoms with Crippen LogP contribution in [0.5, 0.6) is 5.75 Å². The summed E-state index contributed by atoms with van der Waals surface area (Å²) in [7, 11) is 0. The highest BCUT2D eigenvalue weighted by Gasteiger charge is 2.05. The summed E-state index contributed by atoms with van der Waals surface area (Å²) in [6, 6.07) is 9.85. The SMILES string of the molecule is O=C(N/N=C/c1cc(Br)c(O)c(Br)c1)c1ccc(Cl)cc1. The average Bonchev–Trinajstić information content (AvgIpc) is 2.45. The summed E-state index contributed by atoms with van der Waals surface area (Å²) < 4.78 is 1.06. The summed E-state index contributed by atoms with van der Waals surface area (Å²) in [6.07, 6.45) is 1.47. The van der Waals surface area contributed by atoms with Crippen molar-refractivity contribution >= 4 is 55.6 Å². The van der Waals surface area contributed by atoms with Gasteiger partial charge in [0.2, 0.25) is 0 Å². The van der Waals surface area contributed by atoms with Crippen molar-refractivity contribution in [3.05, 3.63) is 61.5 Å². The van der Waals surface area contributed by atoms with Gasteiger partial charge >= 0.3 is 0 Å². The van der Waals surface area contributed by atoms with Gasteiger partial charge in [-0.2, -0.15) is 5.10 Å². The van der Waals surface area contributed by atoms with E-state index in [1.165, 1.54) is 6.21 Å². The van der Waals surface area contributed by atoms with E-state index in [-0.39, 0.29) is 11.7 Å². The van der Waals surface area contributed by atoms with Crippen LogP contribution in [-0.2, 0) is 0 Å². The monoisotopic (exact) mass is 430 g/mol. The fraction of sp³-hybridized carbons (Fsp3) is 0. The van der Waals surface area contributed by atoms with Gasteiger partial charge in [0.1, 0.15) is 5.75 Å². The second-order valence-electron chi connectivity index (χ2n) is 4.04. The Labute approximate surface area is 143 Å². The summed E-state index contributed by atoms with van der Waals surface area (Å²) in [5, 5.41) is 14.0. The van der Waals surface area contributed by atoms with Crippen LogP contribution < -0.4 is 5.43 Å². The Kier molecular flexibility index (Phi) is 5.39. The number of amides is 1. The van der Waals surface area contributed by atoms with Gasteiger partial charge < -0.3 is 5.11 Å². The Bertz CT molecular complexity index is 680. The summed E-state index contributed by atoms with van der Waals surface area (Å²) in [5.41, 5.74) is 3.59. The second-order valence-corrected chi connectivity index (χ2v) is 6.18. The van der Waals surface area contributed by atoms with E-state index in [9.17, 15) is 9.90 Å². The van der Waals surface area contributed by atoms with Crippen LogP contribution in [0.3, 0.4) is 0 Å². The molecule has 0 radical (unpaired) electrons. The number of aromatic hydroxyl groups is 1. The molecular formula is C14H9Br2ClN2O2. The lowest BCUT2D eigenvalue weighted by Crippen LogP contribution is -2.17. The topological polar surface area (TPSA) is 61.7 Å². The lowest BCUT2D eigenvalue weighted by atomic mass is 10.2. The molecule has 2 rings (SSSR count). The van der Waals surface area contributed by atoms with Gasteiger partial charge in [0.05, 0.1) is 15.2 Å². The van der Waals surface area contributed by atoms with Gasteiger partial charge in [0.15, 0.2) is 0 Å². The number of rotatable bonds is 3. The van der Waals surface area contributed by atoms with Gasteiger partial charge in [0, 0.05) is 10.6 Å². The fourth-order valence-corrected chi connectivity index (χ4v) is 2.84. The van der Waals surface area contributed by atoms with Crippen molar-refractivity contribution in [1.82, 2.24) is 5.43 Å². The van der Waals surface area contributed by atoms with Crippen molar-refractivity contribution in [3.8, 4) is 5.75 Å². The molecule has 21 heavy (non-hydrogen) atoms. The van der Waals surface area contributed by atoms with Gasteiger partial charge in [-0.05, 0) is 73.8 Å². The molecule has 0 bridgehead atoms. The normalized spacial score (nSPS) is 10.8. The van der Waals surface area contributed by atoms with E-state index < -0.39 is 0 Å². The summed E-state index contributed by atoms with van der Waals surface area (Å²) >= 11 is 12.2. The van der Waals surface area contributed by atoms with Gasteiger partial charge in [-0.3, -0.25) is 4.79 Å². The Hall–Kier alpha value is -1.37. The smallest absolute Gasteiger partial charge is 0.271 e. The molecule has 108 valence electrons. The zero-order valence-electron chi connectivity index (χ0n) is 10.5. The standard InChI is InChI=1S/C14H9Br2ClN2O2/c15-11-5-8(6-12(16)13(11)20)7-18-19-14(21)9-1-3-10(17)4-2-9/h1-7,20H,(H,19,21)/b18-7+. The van der Waals surface area contributed by atoms with Crippen molar-refractivity contribution in [3.63, 3.8) is 0 Å². The van der Waals surface area contributed by atoms with E-state index in [0.29, 0.717) is 25.1 Å². The van der Waals surface area contributed by atoms with Crippen LogP contribution in [0.2, 0.25) is 5.02 Å². The van der Waals surface area contributed by atoms with Crippen LogP contribution in [0, 0.1) is 0 Å². The number of hydrogen-bond donors (Lipinski definition) is 2. The first-order chi connectivity index (χ1) is 9.97. The minimum atomic E-state index is -0.333. The van der Waals surface area contributed by atoms with Crippen LogP contribution in [-0.4, -0.2) is 17.2 Å². The highest BCUT2D eigenvalue weighted by Crippen LogP contribution is 2.32. The lowest BCUT2D eigenvalue weighted by Gasteiger charge is -2.02. The molecule has 2 aromatic carbocycles. The third-order valence-electron chi connectivity index (χ3n) is 2.53. The fourth-order valence-electron chi connectivity index (χ4n) is 1.49. The van der Waals surface area contributed by atoms with Gasteiger partial charge in [-0.25, -0.2) is 5.43 Å². The van der Waals surface area contributed by atoms with Crippen molar-refractivity contribution < 1.29 is 9.90 Å². The number of halogens is 3. The number of hydrazone groups is 1. The van der Waals surface area contributed by atoms with Crippen molar-refractivity contribution in [2.24, 2.45) is 5.10 Å². The number of hydrogen-bond acceptors (Lipinski definition) is 3. The van der Waals surface area contributed by atoms with Crippen LogP contribution in [0.15, 0.2) is 50.4 Å². The van der Waals surface area contributed by atoms with Gasteiger partial charge in [-0.1, -0.05) is 11.6 Å². The first-order valence-electron chi connectivity index (χ1n) is 5.74. The molecule has 0 saturated carbocycles. The number of benzene rings is 2. The van der Waals surface area contributed by atoms with Gasteiger partial charge in [-0.15, -0.1) is 0 Å². The number of phenols is 1. The van der Waals surface area contributed by atoms with Crippen molar-refractivity contribution in [2.45, 2.75) is 0 Å². The molecule has 2 N–H and O–H groups in total. The Balaban J connectivity index is 2.05. The minimum Gasteiger partial charge on any atom is -0.506 e. The number of nitrogens with zero attached hydrogens (tertiary/aromatic N) is 1. The van der Waals surface area contributed by atoms with E-state index in [1.54, 1.807) is 36.4 Å². The largest absolute Gasteiger partial charge is 0.506 e. The highest BCUT2D eigenvalue weighted by atomic mass is 79.9. The van der Waals surface area contributed by atoms with E-state index in [1.807, 2.05) is 0 Å². The maximum Gasteiger partial charge on any atom is 0.271 e. The molecule has 0 atom stereocenters.